The van der Waals surface area contributed by atoms with Crippen LogP contribution in [0.3, 0.4) is 0 Å². The molecule has 0 aromatic heterocycles. The van der Waals surface area contributed by atoms with Crippen molar-refractivity contribution in [1.82, 2.24) is 0 Å². The Morgan fingerprint density at radius 2 is 1.09 bits per heavy atom. The number of rotatable bonds is 11. The summed E-state index contributed by atoms with van der Waals surface area (Å²) in [5, 5.41) is 0. The first-order chi connectivity index (χ1) is 16.1. The molecule has 1 aliphatic heterocycles. The molecule has 0 bridgehead atoms. The summed E-state index contributed by atoms with van der Waals surface area (Å²) in [7, 11) is 0. The van der Waals surface area contributed by atoms with Crippen molar-refractivity contribution in [3.8, 4) is 0 Å². The number of benzene rings is 2. The van der Waals surface area contributed by atoms with Crippen LogP contribution >= 0.6 is 0 Å². The predicted molar refractivity (Wildman–Crippen MR) is 140 cm³/mol. The van der Waals surface area contributed by atoms with E-state index in [0.29, 0.717) is 0 Å². The van der Waals surface area contributed by atoms with Crippen LogP contribution in [0.15, 0.2) is 60.2 Å². The Morgan fingerprint density at radius 3 is 1.55 bits per heavy atom. The molecule has 2 aromatic carbocycles. The van der Waals surface area contributed by atoms with E-state index in [1.54, 1.807) is 14.4 Å². The van der Waals surface area contributed by atoms with E-state index >= 15 is 0 Å². The minimum atomic E-state index is 0.883. The van der Waals surface area contributed by atoms with E-state index in [4.69, 9.17) is 0 Å². The number of unbranched alkanes of at least 4 members (excludes halogenated alkanes) is 3. The summed E-state index contributed by atoms with van der Waals surface area (Å²) in [6, 6.07) is 17.5. The Hall–Kier alpha value is -1.99. The second-order valence-electron chi connectivity index (χ2n) is 8.74. The van der Waals surface area contributed by atoms with Crippen LogP contribution < -0.4 is 0 Å². The van der Waals surface area contributed by atoms with Crippen molar-refractivity contribution in [2.24, 2.45) is 0 Å². The first-order valence-electron chi connectivity index (χ1n) is 12.4. The maximum atomic E-state index is 11.2. The molecule has 0 aliphatic carbocycles. The van der Waals surface area contributed by atoms with Crippen molar-refractivity contribution >= 4 is 11.4 Å². The molecule has 0 spiro atoms. The molecule has 0 saturated heterocycles. The predicted octanol–water partition coefficient (Wildman–Crippen LogP) is 9.53. The fourth-order valence-electron chi connectivity index (χ4n) is 4.06. The molecule has 0 N–H and O–H groups in total. The summed E-state index contributed by atoms with van der Waals surface area (Å²) >= 11 is 1.62. The molecule has 1 aliphatic rings. The van der Waals surface area contributed by atoms with Gasteiger partial charge in [-0.2, -0.15) is 0 Å². The van der Waals surface area contributed by atoms with Crippen LogP contribution in [0.5, 0.6) is 0 Å². The maximum absolute atomic E-state index is 11.2. The van der Waals surface area contributed by atoms with Gasteiger partial charge in [0, 0.05) is 22.8 Å². The van der Waals surface area contributed by atoms with Crippen molar-refractivity contribution < 1.29 is 19.1 Å². The molecule has 0 radical (unpaired) electrons. The van der Waals surface area contributed by atoms with Gasteiger partial charge in [0.1, 0.15) is 0 Å². The zero-order valence-corrected chi connectivity index (χ0v) is 22.3. The summed E-state index contributed by atoms with van der Waals surface area (Å²) in [4.78, 5) is 0. The van der Waals surface area contributed by atoms with Gasteiger partial charge >= 0.3 is 26.2 Å². The molecule has 0 unspecified atom stereocenters. The average Bonchev–Trinajstić information content (AvgIpc) is 3.17. The van der Waals surface area contributed by atoms with Crippen LogP contribution in [-0.2, 0) is 27.3 Å². The van der Waals surface area contributed by atoms with E-state index < -0.39 is 0 Å². The molecule has 33 heavy (non-hydrogen) atoms. The van der Waals surface area contributed by atoms with Gasteiger partial charge in [-0.1, -0.05) is 64.3 Å². The molecule has 3 rings (SSSR count). The van der Waals surface area contributed by atoms with Crippen LogP contribution in [0.4, 0.5) is 0 Å². The van der Waals surface area contributed by atoms with Crippen molar-refractivity contribution in [3.05, 3.63) is 88.0 Å². The zero-order valence-electron chi connectivity index (χ0n) is 21.3. The Labute approximate surface area is 208 Å². The number of hydrogen-bond acceptors (Lipinski definition) is 0. The number of hydrogen-bond donors (Lipinski definition) is 0. The molecule has 0 amide bonds. The molecule has 182 valence electrons. The van der Waals surface area contributed by atoms with Gasteiger partial charge in [0.2, 0.25) is 11.4 Å². The summed E-state index contributed by atoms with van der Waals surface area (Å²) in [5.41, 5.74) is 19.1. The SMILES string of the molecule is CCCCC1=C(c2ccc(CCCC)cc2)[N+](=[N-])C(c2ccc(CCCC)cc2)=C1.[CH3][Ni][CH3]. The van der Waals surface area contributed by atoms with Gasteiger partial charge in [0.15, 0.2) is 0 Å². The van der Waals surface area contributed by atoms with Crippen molar-refractivity contribution in [2.75, 3.05) is 0 Å². The van der Waals surface area contributed by atoms with Crippen LogP contribution in [-0.4, -0.2) is 4.70 Å². The topological polar surface area (TPSA) is 25.3 Å². The fraction of sp³-hybridized carbons (Fsp3) is 0.467. The number of aryl methyl sites for hydroxylation is 2. The average molecular weight is 489 g/mol. The third-order valence-corrected chi connectivity index (χ3v) is 5.97. The normalized spacial score (nSPS) is 13.2. The first kappa shape index (κ1) is 27.3. The van der Waals surface area contributed by atoms with Crippen molar-refractivity contribution in [3.63, 3.8) is 0 Å². The van der Waals surface area contributed by atoms with Gasteiger partial charge < -0.3 is 5.53 Å². The summed E-state index contributed by atoms with van der Waals surface area (Å²) in [6.07, 6.45) is 12.5. The monoisotopic (exact) mass is 488 g/mol. The van der Waals surface area contributed by atoms with Gasteiger partial charge in [-0.05, 0) is 73.9 Å². The van der Waals surface area contributed by atoms with E-state index in [-0.39, 0.29) is 0 Å². The fourth-order valence-corrected chi connectivity index (χ4v) is 4.06. The first-order valence-corrected chi connectivity index (χ1v) is 14.4. The number of allylic oxidation sites excluding steroid dienone is 2. The molecule has 2 aromatic rings. The van der Waals surface area contributed by atoms with Crippen LogP contribution in [0.2, 0.25) is 11.8 Å². The molecule has 0 saturated carbocycles. The van der Waals surface area contributed by atoms with Gasteiger partial charge in [-0.25, -0.2) is 4.70 Å². The quantitative estimate of drug-likeness (QED) is 0.222. The molecule has 3 heteroatoms. The molecule has 1 heterocycles. The Morgan fingerprint density at radius 1 is 0.667 bits per heavy atom. The van der Waals surface area contributed by atoms with Crippen LogP contribution in [0, 0.1) is 0 Å². The summed E-state index contributed by atoms with van der Waals surface area (Å²) in [5.74, 6) is 4.12. The van der Waals surface area contributed by atoms with E-state index in [2.05, 4.69) is 87.2 Å². The second-order valence-corrected chi connectivity index (χ2v) is 9.72. The standard InChI is InChI=1S/C28H36N2.2CH3.Ni/c1-4-7-10-22-13-17-24(18-14-22)27-21-26(12-9-6-3)28(30(27)29)25-19-15-23(16-20-25)11-8-5-2;;;/h13-21H,4-12H2,1-3H3;2*1H3;. The molecular formula is C30H42N2Ni. The summed E-state index contributed by atoms with van der Waals surface area (Å²) in [6.45, 7) is 6.67. The molecule has 0 fully saturated rings. The van der Waals surface area contributed by atoms with E-state index in [9.17, 15) is 5.53 Å². The van der Waals surface area contributed by atoms with Crippen LogP contribution in [0.25, 0.3) is 16.9 Å². The van der Waals surface area contributed by atoms with Crippen molar-refractivity contribution in [2.45, 2.75) is 90.3 Å². The van der Waals surface area contributed by atoms with E-state index in [1.165, 1.54) is 47.1 Å². The molecular weight excluding hydrogens is 447 g/mol. The second kappa shape index (κ2) is 15.0. The van der Waals surface area contributed by atoms with Crippen molar-refractivity contribution in [1.29, 1.82) is 0 Å². The van der Waals surface area contributed by atoms with E-state index in [0.717, 1.165) is 54.6 Å². The number of nitrogens with zero attached hydrogens (tertiary/aromatic N) is 2. The van der Waals surface area contributed by atoms with Gasteiger partial charge in [-0.15, -0.1) is 0 Å². The molecule has 0 atom stereocenters. The Balaban J connectivity index is 0.00000122. The third kappa shape index (κ3) is 8.07. The zero-order chi connectivity index (χ0) is 24.1. The van der Waals surface area contributed by atoms with Crippen LogP contribution in [0.1, 0.15) is 88.0 Å². The third-order valence-electron chi connectivity index (χ3n) is 5.97. The van der Waals surface area contributed by atoms with Gasteiger partial charge in [-0.3, -0.25) is 0 Å². The molecule has 2 nitrogen and oxygen atoms in total. The van der Waals surface area contributed by atoms with E-state index in [1.807, 2.05) is 0 Å². The van der Waals surface area contributed by atoms with Gasteiger partial charge in [0.05, 0.1) is 0 Å². The Kier molecular flexibility index (Phi) is 12.4. The van der Waals surface area contributed by atoms with Gasteiger partial charge in [0.25, 0.3) is 0 Å². The summed E-state index contributed by atoms with van der Waals surface area (Å²) < 4.78 is 1.41. The Bertz CT molecular complexity index is 921. The minimum absolute atomic E-state index is 0.883.